The molecule has 0 saturated carbocycles. The molecule has 0 spiro atoms. The second-order valence-electron chi connectivity index (χ2n) is 3.30. The van der Waals surface area contributed by atoms with Gasteiger partial charge >= 0.3 is 5.97 Å². The summed E-state index contributed by atoms with van der Waals surface area (Å²) in [5.41, 5.74) is 1.11. The molecule has 1 rings (SSSR count). The highest BCUT2D eigenvalue weighted by Gasteiger charge is 2.19. The zero-order valence-electron chi connectivity index (χ0n) is 8.61. The van der Waals surface area contributed by atoms with Crippen LogP contribution in [-0.2, 0) is 16.1 Å². The van der Waals surface area contributed by atoms with Gasteiger partial charge in [-0.15, -0.1) is 11.3 Å². The summed E-state index contributed by atoms with van der Waals surface area (Å²) in [6.45, 7) is 3.73. The molecule has 0 aromatic carbocycles. The van der Waals surface area contributed by atoms with Crippen LogP contribution >= 0.6 is 11.3 Å². The van der Waals surface area contributed by atoms with Crippen molar-refractivity contribution < 1.29 is 14.7 Å². The summed E-state index contributed by atoms with van der Waals surface area (Å²) in [4.78, 5) is 22.9. The molecule has 0 bridgehead atoms. The number of carbonyl (C=O) groups excluding carboxylic acids is 1. The van der Waals surface area contributed by atoms with E-state index >= 15 is 0 Å². The fourth-order valence-corrected chi connectivity index (χ4v) is 1.86. The van der Waals surface area contributed by atoms with Crippen molar-refractivity contribution in [1.29, 1.82) is 0 Å². The van der Waals surface area contributed by atoms with Gasteiger partial charge in [-0.1, -0.05) is 0 Å². The molecule has 4 nitrogen and oxygen atoms in total. The molecule has 0 aliphatic carbocycles. The lowest BCUT2D eigenvalue weighted by molar-refractivity contribution is -0.146. The molecule has 2 N–H and O–H groups in total. The number of carbonyl (C=O) groups is 2. The normalized spacial score (nSPS) is 12.1. The SMILES string of the molecule is Cc1ccsc1CNC(=O)C(C)C(=O)O. The van der Waals surface area contributed by atoms with Crippen molar-refractivity contribution in [3.63, 3.8) is 0 Å². The van der Waals surface area contributed by atoms with E-state index in [1.165, 1.54) is 6.92 Å². The van der Waals surface area contributed by atoms with Crippen LogP contribution in [0.4, 0.5) is 0 Å². The molecule has 0 aliphatic heterocycles. The van der Waals surface area contributed by atoms with Gasteiger partial charge in [-0.25, -0.2) is 0 Å². The zero-order chi connectivity index (χ0) is 11.4. The Morgan fingerprint density at radius 3 is 2.73 bits per heavy atom. The van der Waals surface area contributed by atoms with Crippen LogP contribution in [0.15, 0.2) is 11.4 Å². The minimum Gasteiger partial charge on any atom is -0.481 e. The Balaban J connectivity index is 2.48. The number of hydrogen-bond donors (Lipinski definition) is 2. The largest absolute Gasteiger partial charge is 0.481 e. The number of rotatable bonds is 4. The summed E-state index contributed by atoms with van der Waals surface area (Å²) < 4.78 is 0. The highest BCUT2D eigenvalue weighted by molar-refractivity contribution is 7.10. The summed E-state index contributed by atoms with van der Waals surface area (Å²) >= 11 is 1.55. The van der Waals surface area contributed by atoms with E-state index in [4.69, 9.17) is 5.11 Å². The maximum Gasteiger partial charge on any atom is 0.315 e. The fraction of sp³-hybridized carbons (Fsp3) is 0.400. The molecule has 1 atom stereocenters. The van der Waals surface area contributed by atoms with E-state index in [1.54, 1.807) is 11.3 Å². The van der Waals surface area contributed by atoms with Crippen LogP contribution < -0.4 is 5.32 Å². The summed E-state index contributed by atoms with van der Waals surface area (Å²) in [5.74, 6) is -2.55. The average Bonchev–Trinajstić information content (AvgIpc) is 2.59. The summed E-state index contributed by atoms with van der Waals surface area (Å²) in [5, 5.41) is 13.1. The fourth-order valence-electron chi connectivity index (χ4n) is 1.02. The van der Waals surface area contributed by atoms with Crippen LogP contribution in [0.3, 0.4) is 0 Å². The Hall–Kier alpha value is -1.36. The van der Waals surface area contributed by atoms with Gasteiger partial charge in [0, 0.05) is 4.88 Å². The van der Waals surface area contributed by atoms with Gasteiger partial charge in [0.25, 0.3) is 0 Å². The number of aliphatic carboxylic acids is 1. The molecule has 0 radical (unpaired) electrons. The molecule has 0 aliphatic rings. The van der Waals surface area contributed by atoms with Crippen LogP contribution in [0.5, 0.6) is 0 Å². The van der Waals surface area contributed by atoms with Gasteiger partial charge in [0.2, 0.25) is 5.91 Å². The van der Waals surface area contributed by atoms with Crippen molar-refractivity contribution in [3.05, 3.63) is 21.9 Å². The smallest absolute Gasteiger partial charge is 0.315 e. The Kier molecular flexibility index (Phi) is 3.85. The Morgan fingerprint density at radius 2 is 2.27 bits per heavy atom. The van der Waals surface area contributed by atoms with E-state index in [-0.39, 0.29) is 0 Å². The van der Waals surface area contributed by atoms with E-state index in [2.05, 4.69) is 5.32 Å². The number of aryl methyl sites for hydroxylation is 1. The molecule has 1 aromatic heterocycles. The van der Waals surface area contributed by atoms with Crippen LogP contribution in [0.25, 0.3) is 0 Å². The molecule has 1 amide bonds. The number of carboxylic acid groups (broad SMARTS) is 1. The van der Waals surface area contributed by atoms with E-state index in [1.807, 2.05) is 18.4 Å². The third-order valence-corrected chi connectivity index (χ3v) is 3.18. The monoisotopic (exact) mass is 227 g/mol. The number of amides is 1. The van der Waals surface area contributed by atoms with Gasteiger partial charge in [0.05, 0.1) is 6.54 Å². The minimum atomic E-state index is -1.10. The molecule has 1 unspecified atom stereocenters. The van der Waals surface area contributed by atoms with E-state index in [0.29, 0.717) is 6.54 Å². The topological polar surface area (TPSA) is 66.4 Å². The van der Waals surface area contributed by atoms with E-state index in [9.17, 15) is 9.59 Å². The van der Waals surface area contributed by atoms with Crippen molar-refractivity contribution in [2.45, 2.75) is 20.4 Å². The van der Waals surface area contributed by atoms with Crippen molar-refractivity contribution in [2.75, 3.05) is 0 Å². The Bertz CT molecular complexity index is 372. The first-order chi connectivity index (χ1) is 7.02. The highest BCUT2D eigenvalue weighted by Crippen LogP contribution is 2.14. The quantitative estimate of drug-likeness (QED) is 0.764. The molecule has 1 heterocycles. The van der Waals surface area contributed by atoms with Crippen LogP contribution in [0.1, 0.15) is 17.4 Å². The first kappa shape index (κ1) is 11.7. The Morgan fingerprint density at radius 1 is 1.60 bits per heavy atom. The van der Waals surface area contributed by atoms with Gasteiger partial charge in [-0.05, 0) is 30.9 Å². The lowest BCUT2D eigenvalue weighted by atomic mass is 10.1. The molecule has 1 aromatic rings. The molecule has 0 fully saturated rings. The van der Waals surface area contributed by atoms with Gasteiger partial charge in [-0.3, -0.25) is 9.59 Å². The number of carboxylic acids is 1. The maximum atomic E-state index is 11.3. The predicted molar refractivity (Wildman–Crippen MR) is 57.7 cm³/mol. The molecular formula is C10H13NO3S. The zero-order valence-corrected chi connectivity index (χ0v) is 9.43. The van der Waals surface area contributed by atoms with E-state index in [0.717, 1.165) is 10.4 Å². The van der Waals surface area contributed by atoms with Crippen molar-refractivity contribution >= 4 is 23.2 Å². The van der Waals surface area contributed by atoms with Crippen LogP contribution in [0, 0.1) is 12.8 Å². The summed E-state index contributed by atoms with van der Waals surface area (Å²) in [6, 6.07) is 1.97. The third kappa shape index (κ3) is 3.06. The third-order valence-electron chi connectivity index (χ3n) is 2.16. The second-order valence-corrected chi connectivity index (χ2v) is 4.31. The highest BCUT2D eigenvalue weighted by atomic mass is 32.1. The van der Waals surface area contributed by atoms with Crippen molar-refractivity contribution in [2.24, 2.45) is 5.92 Å². The predicted octanol–water partition coefficient (Wildman–Crippen LogP) is 1.39. The summed E-state index contributed by atoms with van der Waals surface area (Å²) in [7, 11) is 0. The standard InChI is InChI=1S/C10H13NO3S/c1-6-3-4-15-8(6)5-11-9(12)7(2)10(13)14/h3-4,7H,5H2,1-2H3,(H,11,12)(H,13,14). The first-order valence-electron chi connectivity index (χ1n) is 4.56. The molecule has 5 heteroatoms. The lowest BCUT2D eigenvalue weighted by Gasteiger charge is -2.07. The molecule has 15 heavy (non-hydrogen) atoms. The average molecular weight is 227 g/mol. The lowest BCUT2D eigenvalue weighted by Crippen LogP contribution is -2.32. The van der Waals surface area contributed by atoms with Gasteiger partial charge in [-0.2, -0.15) is 0 Å². The van der Waals surface area contributed by atoms with Gasteiger partial charge in [0.1, 0.15) is 5.92 Å². The van der Waals surface area contributed by atoms with Crippen molar-refractivity contribution in [1.82, 2.24) is 5.32 Å². The first-order valence-corrected chi connectivity index (χ1v) is 5.44. The number of thiophene rings is 1. The second kappa shape index (κ2) is 4.93. The summed E-state index contributed by atoms with van der Waals surface area (Å²) in [6.07, 6.45) is 0. The van der Waals surface area contributed by atoms with Gasteiger partial charge in [0.15, 0.2) is 0 Å². The maximum absolute atomic E-state index is 11.3. The van der Waals surface area contributed by atoms with Crippen LogP contribution in [-0.4, -0.2) is 17.0 Å². The van der Waals surface area contributed by atoms with E-state index < -0.39 is 17.8 Å². The molecule has 0 saturated heterocycles. The molecular weight excluding hydrogens is 214 g/mol. The van der Waals surface area contributed by atoms with Crippen molar-refractivity contribution in [3.8, 4) is 0 Å². The molecule has 82 valence electrons. The number of hydrogen-bond acceptors (Lipinski definition) is 3. The van der Waals surface area contributed by atoms with Crippen LogP contribution in [0.2, 0.25) is 0 Å². The van der Waals surface area contributed by atoms with Gasteiger partial charge < -0.3 is 10.4 Å². The number of nitrogens with one attached hydrogen (secondary N) is 1. The Labute approximate surface area is 91.9 Å². The minimum absolute atomic E-state index is 0.403.